The van der Waals surface area contributed by atoms with Crippen LogP contribution in [0.4, 0.5) is 0 Å². The second kappa shape index (κ2) is 9.32. The predicted molar refractivity (Wildman–Crippen MR) is 123 cm³/mol. The fraction of sp³-hybridized carbons (Fsp3) is 0.333. The molecule has 8 heteroatoms. The van der Waals surface area contributed by atoms with Crippen LogP contribution in [0.3, 0.4) is 0 Å². The van der Waals surface area contributed by atoms with Gasteiger partial charge in [-0.15, -0.1) is 0 Å². The molecule has 0 unspecified atom stereocenters. The molecule has 0 spiro atoms. The molecule has 0 amide bonds. The number of aliphatic imine (C=N–C) groups is 1. The standard InChI is InChI=1S/C24H28N6O2/c1-25-24(26-16-19-4-2-5-21(14-19)30-9-3-8-27-30)29-12-10-28(11-13-29)17-20-6-7-22-23(15-20)32-18-31-22/h2-9,14-15H,10-13,16-18H2,1H3,(H,25,26). The third-order valence-corrected chi connectivity index (χ3v) is 5.86. The molecule has 0 atom stereocenters. The third-order valence-electron chi connectivity index (χ3n) is 5.86. The van der Waals surface area contributed by atoms with Crippen molar-refractivity contribution in [2.75, 3.05) is 40.0 Å². The second-order valence-electron chi connectivity index (χ2n) is 7.97. The molecular weight excluding hydrogens is 404 g/mol. The number of ether oxygens (including phenoxy) is 2. The topological polar surface area (TPSA) is 67.2 Å². The smallest absolute Gasteiger partial charge is 0.231 e. The summed E-state index contributed by atoms with van der Waals surface area (Å²) in [4.78, 5) is 9.31. The van der Waals surface area contributed by atoms with Crippen LogP contribution in [-0.2, 0) is 13.1 Å². The van der Waals surface area contributed by atoms with Crippen molar-refractivity contribution in [2.45, 2.75) is 13.1 Å². The Morgan fingerprint density at radius 3 is 2.69 bits per heavy atom. The van der Waals surface area contributed by atoms with Gasteiger partial charge in [0.1, 0.15) is 0 Å². The predicted octanol–water partition coefficient (Wildman–Crippen LogP) is 2.49. The molecule has 1 aromatic heterocycles. The summed E-state index contributed by atoms with van der Waals surface area (Å²) in [5, 5.41) is 7.83. The monoisotopic (exact) mass is 432 g/mol. The Balaban J connectivity index is 1.13. The first-order valence-electron chi connectivity index (χ1n) is 10.9. The van der Waals surface area contributed by atoms with E-state index in [9.17, 15) is 0 Å². The van der Waals surface area contributed by atoms with Gasteiger partial charge in [-0.25, -0.2) is 4.68 Å². The van der Waals surface area contributed by atoms with Crippen LogP contribution in [0, 0.1) is 0 Å². The van der Waals surface area contributed by atoms with E-state index in [0.717, 1.165) is 62.4 Å². The Hall–Kier alpha value is -3.52. The molecule has 2 aliphatic heterocycles. The van der Waals surface area contributed by atoms with Crippen LogP contribution in [-0.4, -0.2) is 65.6 Å². The minimum absolute atomic E-state index is 0.317. The van der Waals surface area contributed by atoms with E-state index in [-0.39, 0.29) is 0 Å². The summed E-state index contributed by atoms with van der Waals surface area (Å²) in [5.74, 6) is 2.63. The number of fused-ring (bicyclic) bond motifs is 1. The van der Waals surface area contributed by atoms with E-state index < -0.39 is 0 Å². The second-order valence-corrected chi connectivity index (χ2v) is 7.97. The maximum atomic E-state index is 5.51. The Morgan fingerprint density at radius 1 is 1.00 bits per heavy atom. The van der Waals surface area contributed by atoms with Gasteiger partial charge >= 0.3 is 0 Å². The van der Waals surface area contributed by atoms with E-state index in [1.165, 1.54) is 11.1 Å². The van der Waals surface area contributed by atoms with Gasteiger partial charge in [-0.1, -0.05) is 18.2 Å². The fourth-order valence-corrected chi connectivity index (χ4v) is 4.16. The van der Waals surface area contributed by atoms with Crippen molar-refractivity contribution in [1.29, 1.82) is 0 Å². The van der Waals surface area contributed by atoms with Gasteiger partial charge in [-0.3, -0.25) is 9.89 Å². The van der Waals surface area contributed by atoms with Gasteiger partial charge < -0.3 is 19.7 Å². The van der Waals surface area contributed by atoms with Gasteiger partial charge in [0.2, 0.25) is 6.79 Å². The highest BCUT2D eigenvalue weighted by molar-refractivity contribution is 5.80. The molecule has 3 aromatic rings. The van der Waals surface area contributed by atoms with Crippen LogP contribution in [0.25, 0.3) is 5.69 Å². The summed E-state index contributed by atoms with van der Waals surface area (Å²) >= 11 is 0. The van der Waals surface area contributed by atoms with Crippen LogP contribution in [0.2, 0.25) is 0 Å². The van der Waals surface area contributed by atoms with Crippen LogP contribution in [0.5, 0.6) is 11.5 Å². The van der Waals surface area contributed by atoms with Gasteiger partial charge in [-0.05, 0) is 41.5 Å². The third kappa shape index (κ3) is 4.55. The lowest BCUT2D eigenvalue weighted by Crippen LogP contribution is -2.52. The highest BCUT2D eigenvalue weighted by Crippen LogP contribution is 2.32. The van der Waals surface area contributed by atoms with Crippen LogP contribution >= 0.6 is 0 Å². The zero-order valence-corrected chi connectivity index (χ0v) is 18.3. The molecule has 0 aliphatic carbocycles. The number of hydrogen-bond donors (Lipinski definition) is 1. The first-order chi connectivity index (χ1) is 15.8. The number of guanidine groups is 1. The maximum absolute atomic E-state index is 5.51. The summed E-state index contributed by atoms with van der Waals surface area (Å²) in [6, 6.07) is 16.5. The lowest BCUT2D eigenvalue weighted by Gasteiger charge is -2.36. The average Bonchev–Trinajstić information content (AvgIpc) is 3.53. The molecule has 5 rings (SSSR count). The zero-order valence-electron chi connectivity index (χ0n) is 18.3. The van der Waals surface area contributed by atoms with Crippen molar-refractivity contribution < 1.29 is 9.47 Å². The van der Waals surface area contributed by atoms with E-state index in [0.29, 0.717) is 6.79 Å². The van der Waals surface area contributed by atoms with Gasteiger partial charge in [0, 0.05) is 58.7 Å². The summed E-state index contributed by atoms with van der Waals surface area (Å²) in [6.07, 6.45) is 3.74. The summed E-state index contributed by atoms with van der Waals surface area (Å²) in [6.45, 7) is 5.82. The van der Waals surface area contributed by atoms with E-state index in [1.807, 2.05) is 30.1 Å². The molecular formula is C24H28N6O2. The molecule has 2 aliphatic rings. The largest absolute Gasteiger partial charge is 0.454 e. The summed E-state index contributed by atoms with van der Waals surface area (Å²) in [7, 11) is 1.85. The number of rotatable bonds is 5. The number of piperazine rings is 1. The lowest BCUT2D eigenvalue weighted by molar-refractivity contribution is 0.171. The molecule has 2 aromatic carbocycles. The van der Waals surface area contributed by atoms with Gasteiger partial charge in [0.25, 0.3) is 0 Å². The highest BCUT2D eigenvalue weighted by Gasteiger charge is 2.21. The van der Waals surface area contributed by atoms with Crippen molar-refractivity contribution in [3.63, 3.8) is 0 Å². The molecule has 1 saturated heterocycles. The lowest BCUT2D eigenvalue weighted by atomic mass is 10.1. The van der Waals surface area contributed by atoms with Gasteiger partial charge in [0.15, 0.2) is 17.5 Å². The molecule has 1 N–H and O–H groups in total. The molecule has 166 valence electrons. The Kier molecular flexibility index (Phi) is 5.93. The normalized spacial score (nSPS) is 16.4. The average molecular weight is 433 g/mol. The Labute approximate surface area is 188 Å². The van der Waals surface area contributed by atoms with Crippen LogP contribution in [0.15, 0.2) is 65.9 Å². The Morgan fingerprint density at radius 2 is 1.88 bits per heavy atom. The minimum Gasteiger partial charge on any atom is -0.454 e. The molecule has 0 radical (unpaired) electrons. The molecule has 3 heterocycles. The molecule has 32 heavy (non-hydrogen) atoms. The Bertz CT molecular complexity index is 1070. The van der Waals surface area contributed by atoms with Crippen molar-refractivity contribution in [1.82, 2.24) is 24.9 Å². The van der Waals surface area contributed by atoms with Gasteiger partial charge in [-0.2, -0.15) is 5.10 Å². The quantitative estimate of drug-likeness (QED) is 0.494. The van der Waals surface area contributed by atoms with Crippen molar-refractivity contribution in [3.8, 4) is 17.2 Å². The summed E-state index contributed by atoms with van der Waals surface area (Å²) < 4.78 is 12.8. The summed E-state index contributed by atoms with van der Waals surface area (Å²) in [5.41, 5.74) is 3.50. The zero-order chi connectivity index (χ0) is 21.8. The van der Waals surface area contributed by atoms with Crippen molar-refractivity contribution in [3.05, 3.63) is 72.1 Å². The fourth-order valence-electron chi connectivity index (χ4n) is 4.16. The van der Waals surface area contributed by atoms with E-state index in [1.54, 1.807) is 6.20 Å². The SMILES string of the molecule is CN=C(NCc1cccc(-n2cccn2)c1)N1CCN(Cc2ccc3c(c2)OCO3)CC1. The van der Waals surface area contributed by atoms with E-state index in [4.69, 9.17) is 9.47 Å². The first kappa shape index (κ1) is 20.4. The first-order valence-corrected chi connectivity index (χ1v) is 10.9. The number of nitrogens with zero attached hydrogens (tertiary/aromatic N) is 5. The number of benzene rings is 2. The minimum atomic E-state index is 0.317. The molecule has 0 saturated carbocycles. The van der Waals surface area contributed by atoms with E-state index >= 15 is 0 Å². The highest BCUT2D eigenvalue weighted by atomic mass is 16.7. The number of aromatic nitrogens is 2. The molecule has 8 nitrogen and oxygen atoms in total. The number of hydrogen-bond acceptors (Lipinski definition) is 5. The van der Waals surface area contributed by atoms with Crippen LogP contribution in [0.1, 0.15) is 11.1 Å². The van der Waals surface area contributed by atoms with Crippen molar-refractivity contribution >= 4 is 5.96 Å². The molecule has 0 bridgehead atoms. The molecule has 1 fully saturated rings. The van der Waals surface area contributed by atoms with Crippen molar-refractivity contribution in [2.24, 2.45) is 4.99 Å². The van der Waals surface area contributed by atoms with Crippen LogP contribution < -0.4 is 14.8 Å². The maximum Gasteiger partial charge on any atom is 0.231 e. The van der Waals surface area contributed by atoms with Gasteiger partial charge in [0.05, 0.1) is 5.69 Å². The number of nitrogens with one attached hydrogen (secondary N) is 1. The van der Waals surface area contributed by atoms with E-state index in [2.05, 4.69) is 61.6 Å².